The van der Waals surface area contributed by atoms with E-state index in [0.29, 0.717) is 0 Å². The van der Waals surface area contributed by atoms with Gasteiger partial charge in [-0.25, -0.2) is 0 Å². The fourth-order valence-electron chi connectivity index (χ4n) is 0.989. The molecule has 0 saturated heterocycles. The second-order valence-corrected chi connectivity index (χ2v) is 2.07. The van der Waals surface area contributed by atoms with Gasteiger partial charge in [0.05, 0.1) is 5.69 Å². The van der Waals surface area contributed by atoms with Crippen LogP contribution >= 0.6 is 0 Å². The minimum Gasteiger partial charge on any atom is -0.261 e. The van der Waals surface area contributed by atoms with Gasteiger partial charge in [0.1, 0.15) is 0 Å². The molecule has 9 heavy (non-hydrogen) atoms. The van der Waals surface area contributed by atoms with Crippen LogP contribution in [-0.4, -0.2) is 6.21 Å². The molecule has 1 aromatic rings. The van der Waals surface area contributed by atoms with Crippen LogP contribution in [0.2, 0.25) is 0 Å². The van der Waals surface area contributed by atoms with Crippen LogP contribution in [0.5, 0.6) is 0 Å². The second-order valence-electron chi connectivity index (χ2n) is 2.07. The van der Waals surface area contributed by atoms with E-state index in [2.05, 4.69) is 17.1 Å². The zero-order valence-electron chi connectivity index (χ0n) is 4.96. The quantitative estimate of drug-likeness (QED) is 0.489. The van der Waals surface area contributed by atoms with E-state index in [0.717, 1.165) is 12.1 Å². The van der Waals surface area contributed by atoms with Gasteiger partial charge in [-0.15, -0.1) is 0 Å². The van der Waals surface area contributed by atoms with Crippen LogP contribution in [-0.2, 0) is 6.42 Å². The predicted molar refractivity (Wildman–Crippen MR) is 37.1 cm³/mol. The Balaban J connectivity index is 2.63. The van der Waals surface area contributed by atoms with Gasteiger partial charge in [-0.2, -0.15) is 0 Å². The van der Waals surface area contributed by atoms with Crippen molar-refractivity contribution in [1.82, 2.24) is 0 Å². The van der Waals surface area contributed by atoms with E-state index >= 15 is 0 Å². The molecule has 43 valence electrons. The summed E-state index contributed by atoms with van der Waals surface area (Å²) in [6.45, 7) is 0. The summed E-state index contributed by atoms with van der Waals surface area (Å²) in [4.78, 5) is 4.14. The Labute approximate surface area is 54.1 Å². The SMILES string of the molecule is [c]1ccc2c(c1)N=CC2. The molecule has 1 aliphatic rings. The summed E-state index contributed by atoms with van der Waals surface area (Å²) < 4.78 is 0. The van der Waals surface area contributed by atoms with Crippen LogP contribution in [0.1, 0.15) is 5.56 Å². The summed E-state index contributed by atoms with van der Waals surface area (Å²) in [5.74, 6) is 0. The van der Waals surface area contributed by atoms with E-state index in [1.165, 1.54) is 5.56 Å². The Kier molecular flexibility index (Phi) is 0.890. The van der Waals surface area contributed by atoms with Gasteiger partial charge in [-0.1, -0.05) is 12.1 Å². The third-order valence-corrected chi connectivity index (χ3v) is 1.47. The van der Waals surface area contributed by atoms with Crippen molar-refractivity contribution < 1.29 is 0 Å². The van der Waals surface area contributed by atoms with E-state index in [1.807, 2.05) is 18.3 Å². The number of aliphatic imine (C=N–C) groups is 1. The third kappa shape index (κ3) is 0.653. The van der Waals surface area contributed by atoms with Crippen molar-refractivity contribution in [3.8, 4) is 0 Å². The molecule has 0 atom stereocenters. The number of rotatable bonds is 0. The second kappa shape index (κ2) is 1.69. The highest BCUT2D eigenvalue weighted by atomic mass is 14.7. The average Bonchev–Trinajstić information content (AvgIpc) is 2.33. The van der Waals surface area contributed by atoms with Crippen molar-refractivity contribution in [1.29, 1.82) is 0 Å². The molecule has 2 rings (SSSR count). The van der Waals surface area contributed by atoms with Crippen molar-refractivity contribution in [2.45, 2.75) is 6.42 Å². The van der Waals surface area contributed by atoms with Gasteiger partial charge >= 0.3 is 0 Å². The molecule has 0 fully saturated rings. The van der Waals surface area contributed by atoms with Gasteiger partial charge in [-0.05, 0) is 17.7 Å². The molecule has 1 aliphatic heterocycles. The number of hydrogen-bond donors (Lipinski definition) is 0. The molecule has 0 bridgehead atoms. The monoisotopic (exact) mass is 116 g/mol. The first-order valence-corrected chi connectivity index (χ1v) is 2.98. The standard InChI is InChI=1S/C8H6N/c1-2-4-8-7(3-1)5-6-9-8/h1,3-4,6H,5H2. The van der Waals surface area contributed by atoms with E-state index in [1.54, 1.807) is 0 Å². The molecule has 0 amide bonds. The smallest absolute Gasteiger partial charge is 0.0667 e. The molecular weight excluding hydrogens is 110 g/mol. The Morgan fingerprint density at radius 1 is 1.56 bits per heavy atom. The minimum atomic E-state index is 0.990. The van der Waals surface area contributed by atoms with Crippen molar-refractivity contribution in [3.05, 3.63) is 29.8 Å². The Hall–Kier alpha value is -1.11. The third-order valence-electron chi connectivity index (χ3n) is 1.47. The Bertz CT molecular complexity index is 250. The van der Waals surface area contributed by atoms with Crippen molar-refractivity contribution in [2.24, 2.45) is 4.99 Å². The van der Waals surface area contributed by atoms with Crippen LogP contribution in [0.15, 0.2) is 23.2 Å². The molecule has 1 radical (unpaired) electrons. The van der Waals surface area contributed by atoms with Crippen LogP contribution in [0.3, 0.4) is 0 Å². The summed E-state index contributed by atoms with van der Waals surface area (Å²) in [5, 5.41) is 0. The lowest BCUT2D eigenvalue weighted by Crippen LogP contribution is -1.75. The van der Waals surface area contributed by atoms with E-state index in [-0.39, 0.29) is 0 Å². The van der Waals surface area contributed by atoms with Gasteiger partial charge in [-0.3, -0.25) is 4.99 Å². The van der Waals surface area contributed by atoms with Crippen molar-refractivity contribution >= 4 is 11.9 Å². The lowest BCUT2D eigenvalue weighted by atomic mass is 10.2. The van der Waals surface area contributed by atoms with E-state index in [4.69, 9.17) is 0 Å². The summed E-state index contributed by atoms with van der Waals surface area (Å²) in [6, 6.07) is 8.88. The van der Waals surface area contributed by atoms with Gasteiger partial charge in [0.2, 0.25) is 0 Å². The predicted octanol–water partition coefficient (Wildman–Crippen LogP) is 1.75. The van der Waals surface area contributed by atoms with Gasteiger partial charge < -0.3 is 0 Å². The zero-order chi connectivity index (χ0) is 6.10. The zero-order valence-corrected chi connectivity index (χ0v) is 4.96. The largest absolute Gasteiger partial charge is 0.261 e. The molecule has 1 heteroatoms. The minimum absolute atomic E-state index is 0.990. The number of fused-ring (bicyclic) bond motifs is 1. The summed E-state index contributed by atoms with van der Waals surface area (Å²) >= 11 is 0. The average molecular weight is 116 g/mol. The molecule has 0 saturated carbocycles. The number of benzene rings is 1. The van der Waals surface area contributed by atoms with Crippen LogP contribution < -0.4 is 0 Å². The highest BCUT2D eigenvalue weighted by Crippen LogP contribution is 2.21. The summed E-state index contributed by atoms with van der Waals surface area (Å²) in [6.07, 6.45) is 2.92. The molecule has 0 aromatic heterocycles. The lowest BCUT2D eigenvalue weighted by molar-refractivity contribution is 1.41. The molecule has 0 spiro atoms. The summed E-state index contributed by atoms with van der Waals surface area (Å²) in [7, 11) is 0. The maximum absolute atomic E-state index is 4.14. The van der Waals surface area contributed by atoms with E-state index < -0.39 is 0 Å². The highest BCUT2D eigenvalue weighted by molar-refractivity contribution is 5.75. The molecular formula is C8H6N. The first-order chi connectivity index (χ1) is 4.47. The van der Waals surface area contributed by atoms with Crippen LogP contribution in [0.25, 0.3) is 0 Å². The topological polar surface area (TPSA) is 12.4 Å². The number of nitrogens with zero attached hydrogens (tertiary/aromatic N) is 1. The summed E-state index contributed by atoms with van der Waals surface area (Å²) in [5.41, 5.74) is 2.39. The molecule has 1 heterocycles. The van der Waals surface area contributed by atoms with Crippen molar-refractivity contribution in [2.75, 3.05) is 0 Å². The highest BCUT2D eigenvalue weighted by Gasteiger charge is 2.02. The van der Waals surface area contributed by atoms with Gasteiger partial charge in [0.25, 0.3) is 0 Å². The molecule has 1 aromatic carbocycles. The number of hydrogen-bond acceptors (Lipinski definition) is 1. The fraction of sp³-hybridized carbons (Fsp3) is 0.125. The lowest BCUT2D eigenvalue weighted by Gasteiger charge is -1.90. The molecule has 0 N–H and O–H groups in total. The maximum Gasteiger partial charge on any atom is 0.0667 e. The van der Waals surface area contributed by atoms with E-state index in [9.17, 15) is 0 Å². The molecule has 1 nitrogen and oxygen atoms in total. The van der Waals surface area contributed by atoms with Crippen LogP contribution in [0.4, 0.5) is 5.69 Å². The first-order valence-electron chi connectivity index (χ1n) is 2.98. The van der Waals surface area contributed by atoms with Crippen molar-refractivity contribution in [3.63, 3.8) is 0 Å². The van der Waals surface area contributed by atoms with Gasteiger partial charge in [0, 0.05) is 12.6 Å². The fourth-order valence-corrected chi connectivity index (χ4v) is 0.989. The first kappa shape index (κ1) is 4.74. The normalized spacial score (nSPS) is 13.8. The Morgan fingerprint density at radius 2 is 2.56 bits per heavy atom. The molecule has 0 unspecified atom stereocenters. The maximum atomic E-state index is 4.14. The Morgan fingerprint density at radius 3 is 3.44 bits per heavy atom. The van der Waals surface area contributed by atoms with Gasteiger partial charge in [0.15, 0.2) is 0 Å². The van der Waals surface area contributed by atoms with Crippen LogP contribution in [0, 0.1) is 6.07 Å². The molecule has 0 aliphatic carbocycles.